The Morgan fingerprint density at radius 2 is 2.11 bits per heavy atom. The largest absolute Gasteiger partial charge is 0.391 e. The van der Waals surface area contributed by atoms with Gasteiger partial charge >= 0.3 is 0 Å². The molecule has 0 aliphatic rings. The van der Waals surface area contributed by atoms with Crippen molar-refractivity contribution >= 4 is 5.82 Å². The van der Waals surface area contributed by atoms with Crippen LogP contribution in [0.1, 0.15) is 38.4 Å². The Hall–Kier alpha value is -1.54. The number of hydrogen-bond donors (Lipinski definition) is 2. The van der Waals surface area contributed by atoms with E-state index in [9.17, 15) is 5.11 Å². The number of anilines is 1. The monoisotopic (exact) mass is 250 g/mol. The fourth-order valence-corrected chi connectivity index (χ4v) is 1.99. The highest BCUT2D eigenvalue weighted by Gasteiger charge is 2.18. The lowest BCUT2D eigenvalue weighted by Crippen LogP contribution is -2.26. The molecule has 1 unspecified atom stereocenters. The van der Waals surface area contributed by atoms with Gasteiger partial charge in [-0.3, -0.25) is 4.68 Å². The first-order valence-electron chi connectivity index (χ1n) is 6.10. The molecule has 5 heteroatoms. The molecule has 1 heterocycles. The highest BCUT2D eigenvalue weighted by Crippen LogP contribution is 2.22. The lowest BCUT2D eigenvalue weighted by atomic mass is 9.89. The summed E-state index contributed by atoms with van der Waals surface area (Å²) in [6, 6.07) is 2.13. The summed E-state index contributed by atoms with van der Waals surface area (Å²) in [5.41, 5.74) is 1.33. The zero-order valence-electron chi connectivity index (χ0n) is 11.8. The zero-order valence-corrected chi connectivity index (χ0v) is 11.8. The molecular formula is C13H22N4O. The zero-order chi connectivity index (χ0) is 13.9. The van der Waals surface area contributed by atoms with E-state index in [1.165, 1.54) is 0 Å². The van der Waals surface area contributed by atoms with E-state index in [4.69, 9.17) is 5.26 Å². The number of nitrogens with zero attached hydrogens (tertiary/aromatic N) is 3. The predicted octanol–water partition coefficient (Wildman–Crippen LogP) is 1.81. The van der Waals surface area contributed by atoms with Gasteiger partial charge in [0.2, 0.25) is 0 Å². The van der Waals surface area contributed by atoms with Gasteiger partial charge in [-0.2, -0.15) is 10.4 Å². The minimum Gasteiger partial charge on any atom is -0.391 e. The van der Waals surface area contributed by atoms with Crippen molar-refractivity contribution in [3.63, 3.8) is 0 Å². The quantitative estimate of drug-likeness (QED) is 0.854. The van der Waals surface area contributed by atoms with E-state index in [1.807, 2.05) is 0 Å². The summed E-state index contributed by atoms with van der Waals surface area (Å²) in [7, 11) is 1.78. The summed E-state index contributed by atoms with van der Waals surface area (Å²) in [6.45, 7) is 8.49. The molecule has 0 saturated heterocycles. The van der Waals surface area contributed by atoms with Crippen LogP contribution in [-0.4, -0.2) is 27.5 Å². The van der Waals surface area contributed by atoms with Gasteiger partial charge in [0.1, 0.15) is 17.5 Å². The van der Waals surface area contributed by atoms with Crippen molar-refractivity contribution in [2.75, 3.05) is 11.9 Å². The highest BCUT2D eigenvalue weighted by molar-refractivity contribution is 5.54. The van der Waals surface area contributed by atoms with E-state index in [0.717, 1.165) is 0 Å². The van der Waals surface area contributed by atoms with Crippen LogP contribution in [0.2, 0.25) is 0 Å². The minimum absolute atomic E-state index is 0.0849. The summed E-state index contributed by atoms with van der Waals surface area (Å²) in [4.78, 5) is 0. The summed E-state index contributed by atoms with van der Waals surface area (Å²) in [6.07, 6.45) is 0.269. The summed E-state index contributed by atoms with van der Waals surface area (Å²) >= 11 is 0. The van der Waals surface area contributed by atoms with Crippen LogP contribution in [0, 0.1) is 23.7 Å². The van der Waals surface area contributed by atoms with Crippen molar-refractivity contribution in [1.29, 1.82) is 5.26 Å². The maximum atomic E-state index is 9.93. The van der Waals surface area contributed by atoms with Gasteiger partial charge < -0.3 is 10.4 Å². The van der Waals surface area contributed by atoms with Gasteiger partial charge in [0.25, 0.3) is 0 Å². The van der Waals surface area contributed by atoms with Gasteiger partial charge in [0.15, 0.2) is 0 Å². The number of rotatable bonds is 4. The lowest BCUT2D eigenvalue weighted by molar-refractivity contribution is 0.132. The number of aromatic nitrogens is 2. The van der Waals surface area contributed by atoms with Crippen LogP contribution in [0.25, 0.3) is 0 Å². The van der Waals surface area contributed by atoms with Crippen LogP contribution in [0.3, 0.4) is 0 Å². The topological polar surface area (TPSA) is 73.9 Å². The first-order chi connectivity index (χ1) is 8.24. The number of aryl methyl sites for hydroxylation is 2. The number of hydrogen-bond acceptors (Lipinski definition) is 4. The second-order valence-corrected chi connectivity index (χ2v) is 5.84. The van der Waals surface area contributed by atoms with Crippen LogP contribution in [-0.2, 0) is 7.05 Å². The van der Waals surface area contributed by atoms with E-state index < -0.39 is 6.10 Å². The van der Waals surface area contributed by atoms with Crippen LogP contribution >= 0.6 is 0 Å². The molecule has 0 spiro atoms. The van der Waals surface area contributed by atoms with Crippen LogP contribution < -0.4 is 5.32 Å². The van der Waals surface area contributed by atoms with Crippen molar-refractivity contribution in [2.45, 2.75) is 40.2 Å². The summed E-state index contributed by atoms with van der Waals surface area (Å²) in [5.74, 6) is 0.669. The normalized spacial score (nSPS) is 13.2. The Kier molecular flexibility index (Phi) is 4.36. The first kappa shape index (κ1) is 14.5. The molecule has 0 radical (unpaired) electrons. The first-order valence-corrected chi connectivity index (χ1v) is 6.10. The van der Waals surface area contributed by atoms with E-state index in [1.54, 1.807) is 18.7 Å². The third kappa shape index (κ3) is 3.74. The molecule has 0 saturated carbocycles. The second kappa shape index (κ2) is 5.40. The molecule has 1 aromatic heterocycles. The van der Waals surface area contributed by atoms with Crippen molar-refractivity contribution < 1.29 is 5.11 Å². The number of aliphatic hydroxyl groups is 1. The molecule has 5 nitrogen and oxygen atoms in total. The van der Waals surface area contributed by atoms with Gasteiger partial charge in [0, 0.05) is 13.6 Å². The minimum atomic E-state index is -0.438. The molecule has 0 aliphatic carbocycles. The summed E-state index contributed by atoms with van der Waals surface area (Å²) in [5, 5.41) is 26.3. The maximum absolute atomic E-state index is 9.93. The fraction of sp³-hybridized carbons (Fsp3) is 0.692. The Bertz CT molecular complexity index is 451. The van der Waals surface area contributed by atoms with E-state index >= 15 is 0 Å². The van der Waals surface area contributed by atoms with Crippen LogP contribution in [0.4, 0.5) is 5.82 Å². The Morgan fingerprint density at radius 1 is 1.50 bits per heavy atom. The van der Waals surface area contributed by atoms with E-state index in [2.05, 4.69) is 37.3 Å². The molecule has 1 aromatic rings. The Labute approximate surface area is 108 Å². The molecule has 0 amide bonds. The number of nitrogens with one attached hydrogen (secondary N) is 1. The summed E-state index contributed by atoms with van der Waals surface area (Å²) < 4.78 is 1.64. The molecule has 0 aliphatic heterocycles. The number of aliphatic hydroxyl groups excluding tert-OH is 1. The van der Waals surface area contributed by atoms with Gasteiger partial charge in [-0.15, -0.1) is 0 Å². The van der Waals surface area contributed by atoms with Crippen molar-refractivity contribution in [3.05, 3.63) is 11.3 Å². The fourth-order valence-electron chi connectivity index (χ4n) is 1.99. The maximum Gasteiger partial charge on any atom is 0.142 e. The molecule has 100 valence electrons. The predicted molar refractivity (Wildman–Crippen MR) is 71.2 cm³/mol. The average Bonchev–Trinajstić information content (AvgIpc) is 2.47. The van der Waals surface area contributed by atoms with Crippen molar-refractivity contribution in [2.24, 2.45) is 12.5 Å². The molecule has 1 atom stereocenters. The molecule has 0 fully saturated rings. The molecule has 1 rings (SSSR count). The molecule has 0 aromatic carbocycles. The van der Waals surface area contributed by atoms with E-state index in [-0.39, 0.29) is 5.41 Å². The van der Waals surface area contributed by atoms with Crippen LogP contribution in [0.5, 0.6) is 0 Å². The standard InChI is InChI=1S/C13H22N4O/c1-9-11(7-14)12(17(5)16-9)15-8-10(18)6-13(2,3)4/h10,15,18H,6,8H2,1-5H3. The van der Waals surface area contributed by atoms with Crippen LogP contribution in [0.15, 0.2) is 0 Å². The van der Waals surface area contributed by atoms with Gasteiger partial charge in [-0.25, -0.2) is 0 Å². The van der Waals surface area contributed by atoms with Gasteiger partial charge in [-0.1, -0.05) is 20.8 Å². The highest BCUT2D eigenvalue weighted by atomic mass is 16.3. The molecule has 18 heavy (non-hydrogen) atoms. The smallest absolute Gasteiger partial charge is 0.142 e. The van der Waals surface area contributed by atoms with Crippen molar-refractivity contribution in [1.82, 2.24) is 9.78 Å². The average molecular weight is 250 g/mol. The number of nitriles is 1. The second-order valence-electron chi connectivity index (χ2n) is 5.84. The van der Waals surface area contributed by atoms with Gasteiger partial charge in [0.05, 0.1) is 11.8 Å². The SMILES string of the molecule is Cc1nn(C)c(NCC(O)CC(C)(C)C)c1C#N. The molecule has 0 bridgehead atoms. The Balaban J connectivity index is 2.67. The van der Waals surface area contributed by atoms with Gasteiger partial charge in [-0.05, 0) is 18.8 Å². The molecular weight excluding hydrogens is 228 g/mol. The Morgan fingerprint density at radius 3 is 2.61 bits per heavy atom. The van der Waals surface area contributed by atoms with E-state index in [0.29, 0.717) is 30.0 Å². The third-order valence-electron chi connectivity index (χ3n) is 2.69. The van der Waals surface area contributed by atoms with Crippen molar-refractivity contribution in [3.8, 4) is 6.07 Å². The lowest BCUT2D eigenvalue weighted by Gasteiger charge is -2.22. The molecule has 2 N–H and O–H groups in total. The third-order valence-corrected chi connectivity index (χ3v) is 2.69.